The van der Waals surface area contributed by atoms with Crippen molar-refractivity contribution in [2.45, 2.75) is 64.0 Å². The summed E-state index contributed by atoms with van der Waals surface area (Å²) in [6.07, 6.45) is 9.46. The molecule has 0 spiro atoms. The minimum atomic E-state index is 0.347. The average molecular weight is 210 g/mol. The van der Waals surface area contributed by atoms with Crippen molar-refractivity contribution in [3.05, 3.63) is 0 Å². The van der Waals surface area contributed by atoms with E-state index in [2.05, 4.69) is 6.92 Å². The standard InChI is InChI=1S/C13H26N2/c1-9-6-11(13(15)8-12(9)14)7-10-4-2-3-5-10/h9-13H,2-8,14-15H2,1H3. The van der Waals surface area contributed by atoms with Crippen molar-refractivity contribution in [3.8, 4) is 0 Å². The molecule has 0 bridgehead atoms. The molecule has 0 heterocycles. The van der Waals surface area contributed by atoms with Crippen LogP contribution in [0.1, 0.15) is 51.9 Å². The van der Waals surface area contributed by atoms with Gasteiger partial charge in [0.2, 0.25) is 0 Å². The van der Waals surface area contributed by atoms with Gasteiger partial charge >= 0.3 is 0 Å². The van der Waals surface area contributed by atoms with Crippen molar-refractivity contribution in [1.82, 2.24) is 0 Å². The fourth-order valence-electron chi connectivity index (χ4n) is 3.51. The SMILES string of the molecule is CC1CC(CC2CCCC2)C(N)CC1N. The summed E-state index contributed by atoms with van der Waals surface area (Å²) in [5, 5.41) is 0. The van der Waals surface area contributed by atoms with E-state index >= 15 is 0 Å². The molecule has 2 saturated carbocycles. The second-order valence-corrected chi connectivity index (χ2v) is 5.92. The molecule has 0 aliphatic heterocycles. The van der Waals surface area contributed by atoms with E-state index in [9.17, 15) is 0 Å². The number of nitrogens with two attached hydrogens (primary N) is 2. The molecule has 0 aromatic carbocycles. The summed E-state index contributed by atoms with van der Waals surface area (Å²) in [5.74, 6) is 2.40. The summed E-state index contributed by atoms with van der Waals surface area (Å²) in [6.45, 7) is 2.29. The molecule has 4 N–H and O–H groups in total. The molecule has 0 radical (unpaired) electrons. The fourth-order valence-corrected chi connectivity index (χ4v) is 3.51. The zero-order chi connectivity index (χ0) is 10.8. The Kier molecular flexibility index (Phi) is 3.68. The summed E-state index contributed by atoms with van der Waals surface area (Å²) < 4.78 is 0. The number of hydrogen-bond acceptors (Lipinski definition) is 2. The van der Waals surface area contributed by atoms with Gasteiger partial charge in [0.15, 0.2) is 0 Å². The molecular formula is C13H26N2. The third-order valence-electron chi connectivity index (χ3n) is 4.67. The maximum atomic E-state index is 6.23. The zero-order valence-corrected chi connectivity index (χ0v) is 9.99. The van der Waals surface area contributed by atoms with E-state index < -0.39 is 0 Å². The van der Waals surface area contributed by atoms with Crippen LogP contribution in [-0.2, 0) is 0 Å². The lowest BCUT2D eigenvalue weighted by Crippen LogP contribution is -2.46. The maximum absolute atomic E-state index is 6.23. The quantitative estimate of drug-likeness (QED) is 0.734. The topological polar surface area (TPSA) is 52.0 Å². The molecule has 2 nitrogen and oxygen atoms in total. The van der Waals surface area contributed by atoms with E-state index in [0.717, 1.165) is 18.3 Å². The molecule has 2 heteroatoms. The Morgan fingerprint density at radius 3 is 2.33 bits per heavy atom. The van der Waals surface area contributed by atoms with Gasteiger partial charge in [-0.3, -0.25) is 0 Å². The first-order valence-electron chi connectivity index (χ1n) is 6.68. The lowest BCUT2D eigenvalue weighted by atomic mass is 9.73. The lowest BCUT2D eigenvalue weighted by Gasteiger charge is -2.38. The first-order chi connectivity index (χ1) is 7.16. The van der Waals surface area contributed by atoms with Gasteiger partial charge in [-0.25, -0.2) is 0 Å². The minimum absolute atomic E-state index is 0.347. The smallest absolute Gasteiger partial charge is 0.00822 e. The third kappa shape index (κ3) is 2.73. The van der Waals surface area contributed by atoms with Crippen molar-refractivity contribution in [3.63, 3.8) is 0 Å². The minimum Gasteiger partial charge on any atom is -0.327 e. The number of hydrogen-bond donors (Lipinski definition) is 2. The fraction of sp³-hybridized carbons (Fsp3) is 1.00. The molecule has 0 saturated heterocycles. The molecule has 88 valence electrons. The molecule has 15 heavy (non-hydrogen) atoms. The van der Waals surface area contributed by atoms with Crippen LogP contribution in [0.5, 0.6) is 0 Å². The molecule has 4 atom stereocenters. The molecule has 2 fully saturated rings. The first kappa shape index (κ1) is 11.4. The molecule has 0 aromatic rings. The highest BCUT2D eigenvalue weighted by Crippen LogP contribution is 2.36. The summed E-state index contributed by atoms with van der Waals surface area (Å²) in [5.41, 5.74) is 12.3. The van der Waals surface area contributed by atoms with Crippen LogP contribution in [0.3, 0.4) is 0 Å². The highest BCUT2D eigenvalue weighted by atomic mass is 14.7. The van der Waals surface area contributed by atoms with E-state index in [0.29, 0.717) is 18.0 Å². The zero-order valence-electron chi connectivity index (χ0n) is 9.99. The Bertz CT molecular complexity index is 199. The predicted molar refractivity (Wildman–Crippen MR) is 64.4 cm³/mol. The lowest BCUT2D eigenvalue weighted by molar-refractivity contribution is 0.186. The largest absolute Gasteiger partial charge is 0.327 e. The van der Waals surface area contributed by atoms with Gasteiger partial charge in [0.25, 0.3) is 0 Å². The van der Waals surface area contributed by atoms with E-state index in [1.165, 1.54) is 38.5 Å². The average Bonchev–Trinajstić information content (AvgIpc) is 2.67. The van der Waals surface area contributed by atoms with Gasteiger partial charge in [-0.2, -0.15) is 0 Å². The molecule has 2 aliphatic rings. The van der Waals surface area contributed by atoms with Gasteiger partial charge < -0.3 is 11.5 Å². The van der Waals surface area contributed by atoms with Crippen molar-refractivity contribution >= 4 is 0 Å². The molecule has 2 rings (SSSR count). The summed E-state index contributed by atoms with van der Waals surface area (Å²) in [4.78, 5) is 0. The monoisotopic (exact) mass is 210 g/mol. The van der Waals surface area contributed by atoms with Crippen LogP contribution >= 0.6 is 0 Å². The Balaban J connectivity index is 1.85. The van der Waals surface area contributed by atoms with Crippen molar-refractivity contribution in [1.29, 1.82) is 0 Å². The van der Waals surface area contributed by atoms with Crippen molar-refractivity contribution in [2.75, 3.05) is 0 Å². The van der Waals surface area contributed by atoms with Crippen LogP contribution in [0, 0.1) is 17.8 Å². The molecule has 4 unspecified atom stereocenters. The Morgan fingerprint density at radius 1 is 1.00 bits per heavy atom. The van der Waals surface area contributed by atoms with Crippen LogP contribution in [0.25, 0.3) is 0 Å². The maximum Gasteiger partial charge on any atom is 0.00822 e. The van der Waals surface area contributed by atoms with Gasteiger partial charge in [-0.05, 0) is 37.0 Å². The van der Waals surface area contributed by atoms with Crippen molar-refractivity contribution < 1.29 is 0 Å². The van der Waals surface area contributed by atoms with E-state index in [4.69, 9.17) is 11.5 Å². The third-order valence-corrected chi connectivity index (χ3v) is 4.67. The Hall–Kier alpha value is -0.0800. The van der Waals surface area contributed by atoms with Crippen LogP contribution in [0.2, 0.25) is 0 Å². The summed E-state index contributed by atoms with van der Waals surface area (Å²) in [7, 11) is 0. The normalized spacial score (nSPS) is 43.4. The molecular weight excluding hydrogens is 184 g/mol. The molecule has 2 aliphatic carbocycles. The van der Waals surface area contributed by atoms with Gasteiger partial charge in [-0.1, -0.05) is 32.6 Å². The van der Waals surface area contributed by atoms with E-state index in [1.54, 1.807) is 0 Å². The van der Waals surface area contributed by atoms with E-state index in [-0.39, 0.29) is 0 Å². The van der Waals surface area contributed by atoms with Crippen LogP contribution in [-0.4, -0.2) is 12.1 Å². The van der Waals surface area contributed by atoms with Gasteiger partial charge in [0.05, 0.1) is 0 Å². The first-order valence-corrected chi connectivity index (χ1v) is 6.68. The predicted octanol–water partition coefficient (Wildman–Crippen LogP) is 2.27. The summed E-state index contributed by atoms with van der Waals surface area (Å²) in [6, 6.07) is 0.719. The Morgan fingerprint density at radius 2 is 1.67 bits per heavy atom. The van der Waals surface area contributed by atoms with Crippen molar-refractivity contribution in [2.24, 2.45) is 29.2 Å². The Labute approximate surface area is 93.8 Å². The van der Waals surface area contributed by atoms with Crippen LogP contribution in [0.15, 0.2) is 0 Å². The van der Waals surface area contributed by atoms with Gasteiger partial charge in [0, 0.05) is 12.1 Å². The molecule has 0 aromatic heterocycles. The highest BCUT2D eigenvalue weighted by molar-refractivity contribution is 4.89. The van der Waals surface area contributed by atoms with E-state index in [1.807, 2.05) is 0 Å². The second kappa shape index (κ2) is 4.84. The second-order valence-electron chi connectivity index (χ2n) is 5.92. The van der Waals surface area contributed by atoms with Crippen LogP contribution < -0.4 is 11.5 Å². The molecule has 0 amide bonds. The summed E-state index contributed by atoms with van der Waals surface area (Å²) >= 11 is 0. The number of rotatable bonds is 2. The van der Waals surface area contributed by atoms with Gasteiger partial charge in [-0.15, -0.1) is 0 Å². The van der Waals surface area contributed by atoms with Gasteiger partial charge in [0.1, 0.15) is 0 Å². The van der Waals surface area contributed by atoms with Crippen LogP contribution in [0.4, 0.5) is 0 Å². The highest BCUT2D eigenvalue weighted by Gasteiger charge is 2.32.